The Morgan fingerprint density at radius 2 is 1.92 bits per heavy atom. The van der Waals surface area contributed by atoms with E-state index in [1.807, 2.05) is 6.07 Å². The first-order valence-electron chi connectivity index (χ1n) is 6.99. The lowest BCUT2D eigenvalue weighted by Crippen LogP contribution is -2.14. The molecule has 120 valence electrons. The Labute approximate surface area is 139 Å². The third-order valence-electron chi connectivity index (χ3n) is 3.42. The van der Waals surface area contributed by atoms with Crippen LogP contribution in [-0.2, 0) is 10.0 Å². The van der Waals surface area contributed by atoms with E-state index in [1.54, 1.807) is 37.3 Å². The molecule has 3 rings (SSSR count). The highest BCUT2D eigenvalue weighted by molar-refractivity contribution is 7.92. The molecule has 0 radical (unpaired) electrons. The van der Waals surface area contributed by atoms with Gasteiger partial charge in [-0.3, -0.25) is 9.82 Å². The fraction of sp³-hybridized carbons (Fsp3) is 0.0625. The minimum atomic E-state index is -3.73. The van der Waals surface area contributed by atoms with Crippen molar-refractivity contribution in [2.75, 3.05) is 4.72 Å². The maximum atomic E-state index is 12.5. The first-order chi connectivity index (χ1) is 11.5. The maximum Gasteiger partial charge on any atom is 0.262 e. The number of benzene rings is 2. The third kappa shape index (κ3) is 3.11. The van der Waals surface area contributed by atoms with Crippen LogP contribution in [0, 0.1) is 18.3 Å². The first kappa shape index (κ1) is 15.7. The normalized spacial score (nSPS) is 11.0. The van der Waals surface area contributed by atoms with Gasteiger partial charge in [0.1, 0.15) is 6.33 Å². The molecule has 2 aromatic carbocycles. The summed E-state index contributed by atoms with van der Waals surface area (Å²) < 4.78 is 27.6. The Bertz CT molecular complexity index is 1000. The van der Waals surface area contributed by atoms with Crippen LogP contribution in [0.5, 0.6) is 0 Å². The Kier molecular flexibility index (Phi) is 4.02. The average Bonchev–Trinajstić information content (AvgIpc) is 3.09. The standard InChI is InChI=1S/C16H13N5O2S/c1-11-8-12(9-17)2-7-15(11)24(22,23)21-14-5-3-13(4-6-14)16-18-10-19-20-16/h2-8,10,21H,1H3,(H,18,19,20). The zero-order valence-electron chi connectivity index (χ0n) is 12.7. The number of nitrogens with one attached hydrogen (secondary N) is 2. The van der Waals surface area contributed by atoms with E-state index in [1.165, 1.54) is 18.5 Å². The SMILES string of the molecule is Cc1cc(C#N)ccc1S(=O)(=O)Nc1ccc(-c2ncn[nH]2)cc1. The number of rotatable bonds is 4. The van der Waals surface area contributed by atoms with E-state index < -0.39 is 10.0 Å². The van der Waals surface area contributed by atoms with Gasteiger partial charge in [0.15, 0.2) is 5.82 Å². The Morgan fingerprint density at radius 1 is 1.17 bits per heavy atom. The summed E-state index contributed by atoms with van der Waals surface area (Å²) in [4.78, 5) is 4.17. The predicted molar refractivity (Wildman–Crippen MR) is 88.5 cm³/mol. The van der Waals surface area contributed by atoms with Crippen LogP contribution in [0.3, 0.4) is 0 Å². The first-order valence-corrected chi connectivity index (χ1v) is 8.47. The molecular formula is C16H13N5O2S. The summed E-state index contributed by atoms with van der Waals surface area (Å²) in [5.41, 5.74) is 2.16. The molecule has 0 atom stereocenters. The van der Waals surface area contributed by atoms with Gasteiger partial charge in [0.2, 0.25) is 0 Å². The van der Waals surface area contributed by atoms with Crippen molar-refractivity contribution in [1.82, 2.24) is 15.2 Å². The van der Waals surface area contributed by atoms with E-state index in [4.69, 9.17) is 5.26 Å². The van der Waals surface area contributed by atoms with Crippen LogP contribution in [-0.4, -0.2) is 23.6 Å². The van der Waals surface area contributed by atoms with Gasteiger partial charge in [-0.05, 0) is 55.0 Å². The number of hydrogen-bond donors (Lipinski definition) is 2. The average molecular weight is 339 g/mol. The van der Waals surface area contributed by atoms with E-state index in [2.05, 4.69) is 19.9 Å². The summed E-state index contributed by atoms with van der Waals surface area (Å²) in [7, 11) is -3.73. The van der Waals surface area contributed by atoms with Gasteiger partial charge in [0.05, 0.1) is 16.5 Å². The fourth-order valence-corrected chi connectivity index (χ4v) is 3.56. The van der Waals surface area contributed by atoms with Crippen LogP contribution >= 0.6 is 0 Å². The molecule has 2 N–H and O–H groups in total. The third-order valence-corrected chi connectivity index (χ3v) is 4.96. The van der Waals surface area contributed by atoms with Crippen LogP contribution in [0.15, 0.2) is 53.7 Å². The van der Waals surface area contributed by atoms with Crippen molar-refractivity contribution < 1.29 is 8.42 Å². The van der Waals surface area contributed by atoms with Gasteiger partial charge >= 0.3 is 0 Å². The number of nitrogens with zero attached hydrogens (tertiary/aromatic N) is 3. The lowest BCUT2D eigenvalue weighted by molar-refractivity contribution is 0.600. The molecule has 0 fully saturated rings. The number of anilines is 1. The largest absolute Gasteiger partial charge is 0.280 e. The summed E-state index contributed by atoms with van der Waals surface area (Å²) in [5, 5.41) is 15.4. The van der Waals surface area contributed by atoms with Gasteiger partial charge in [-0.2, -0.15) is 10.4 Å². The second-order valence-electron chi connectivity index (χ2n) is 5.11. The van der Waals surface area contributed by atoms with E-state index in [0.717, 1.165) is 5.56 Å². The molecule has 1 heterocycles. The quantitative estimate of drug-likeness (QED) is 0.758. The summed E-state index contributed by atoms with van der Waals surface area (Å²) in [6.45, 7) is 1.66. The molecular weight excluding hydrogens is 326 g/mol. The van der Waals surface area contributed by atoms with Crippen molar-refractivity contribution in [3.8, 4) is 17.5 Å². The molecule has 0 amide bonds. The molecule has 3 aromatic rings. The van der Waals surface area contributed by atoms with Crippen LogP contribution in [0.1, 0.15) is 11.1 Å². The lowest BCUT2D eigenvalue weighted by Gasteiger charge is -2.11. The number of nitriles is 1. The highest BCUT2D eigenvalue weighted by atomic mass is 32.2. The van der Waals surface area contributed by atoms with Crippen LogP contribution < -0.4 is 4.72 Å². The Balaban J connectivity index is 1.86. The number of sulfonamides is 1. The highest BCUT2D eigenvalue weighted by Gasteiger charge is 2.17. The van der Waals surface area contributed by atoms with Crippen molar-refractivity contribution >= 4 is 15.7 Å². The van der Waals surface area contributed by atoms with Crippen molar-refractivity contribution in [2.24, 2.45) is 0 Å². The number of aryl methyl sites for hydroxylation is 1. The maximum absolute atomic E-state index is 12.5. The Morgan fingerprint density at radius 3 is 2.50 bits per heavy atom. The second-order valence-corrected chi connectivity index (χ2v) is 6.76. The van der Waals surface area contributed by atoms with Gasteiger partial charge in [0.25, 0.3) is 10.0 Å². The minimum Gasteiger partial charge on any atom is -0.280 e. The molecule has 0 bridgehead atoms. The molecule has 24 heavy (non-hydrogen) atoms. The zero-order chi connectivity index (χ0) is 17.2. The second kappa shape index (κ2) is 6.14. The molecule has 0 unspecified atom stereocenters. The van der Waals surface area contributed by atoms with Crippen molar-refractivity contribution in [3.05, 3.63) is 59.9 Å². The zero-order valence-corrected chi connectivity index (χ0v) is 13.5. The number of aromatic nitrogens is 3. The van der Waals surface area contributed by atoms with Gasteiger partial charge in [-0.1, -0.05) is 0 Å². The molecule has 0 aliphatic carbocycles. The topological polar surface area (TPSA) is 112 Å². The van der Waals surface area contributed by atoms with Crippen molar-refractivity contribution in [2.45, 2.75) is 11.8 Å². The molecule has 0 spiro atoms. The van der Waals surface area contributed by atoms with E-state index in [0.29, 0.717) is 22.6 Å². The fourth-order valence-electron chi connectivity index (χ4n) is 2.27. The van der Waals surface area contributed by atoms with E-state index >= 15 is 0 Å². The predicted octanol–water partition coefficient (Wildman–Crippen LogP) is 2.45. The van der Waals surface area contributed by atoms with Gasteiger partial charge < -0.3 is 0 Å². The summed E-state index contributed by atoms with van der Waals surface area (Å²) in [5.74, 6) is 0.604. The smallest absolute Gasteiger partial charge is 0.262 e. The van der Waals surface area contributed by atoms with Gasteiger partial charge in [-0.15, -0.1) is 0 Å². The van der Waals surface area contributed by atoms with Crippen LogP contribution in [0.4, 0.5) is 5.69 Å². The molecule has 8 heteroatoms. The molecule has 1 aromatic heterocycles. The number of aromatic amines is 1. The lowest BCUT2D eigenvalue weighted by atomic mass is 10.2. The molecule has 0 aliphatic heterocycles. The summed E-state index contributed by atoms with van der Waals surface area (Å²) in [6, 6.07) is 13.2. The van der Waals surface area contributed by atoms with Crippen molar-refractivity contribution in [1.29, 1.82) is 5.26 Å². The van der Waals surface area contributed by atoms with E-state index in [-0.39, 0.29) is 4.90 Å². The minimum absolute atomic E-state index is 0.140. The highest BCUT2D eigenvalue weighted by Crippen LogP contribution is 2.22. The van der Waals surface area contributed by atoms with Gasteiger partial charge in [-0.25, -0.2) is 13.4 Å². The molecule has 0 saturated heterocycles. The molecule has 0 saturated carbocycles. The van der Waals surface area contributed by atoms with Crippen LogP contribution in [0.25, 0.3) is 11.4 Å². The van der Waals surface area contributed by atoms with Gasteiger partial charge in [0, 0.05) is 11.3 Å². The van der Waals surface area contributed by atoms with Crippen molar-refractivity contribution in [3.63, 3.8) is 0 Å². The Hall–Kier alpha value is -3.18. The summed E-state index contributed by atoms with van der Waals surface area (Å²) >= 11 is 0. The summed E-state index contributed by atoms with van der Waals surface area (Å²) in [6.07, 6.45) is 1.40. The van der Waals surface area contributed by atoms with E-state index in [9.17, 15) is 8.42 Å². The van der Waals surface area contributed by atoms with Crippen LogP contribution in [0.2, 0.25) is 0 Å². The molecule has 7 nitrogen and oxygen atoms in total. The number of hydrogen-bond acceptors (Lipinski definition) is 5. The number of H-pyrrole nitrogens is 1. The molecule has 0 aliphatic rings. The monoisotopic (exact) mass is 339 g/mol.